The van der Waals surface area contributed by atoms with E-state index in [1.807, 2.05) is 30.3 Å². The maximum absolute atomic E-state index is 11.2. The minimum atomic E-state index is -0.500. The van der Waals surface area contributed by atoms with Crippen LogP contribution < -0.4 is 15.1 Å². The van der Waals surface area contributed by atoms with Crippen molar-refractivity contribution in [3.8, 4) is 0 Å². The Morgan fingerprint density at radius 3 is 2.54 bits per heavy atom. The number of carbonyl (C=O) groups excluding carboxylic acids is 1. The molecule has 0 bridgehead atoms. The summed E-state index contributed by atoms with van der Waals surface area (Å²) in [7, 11) is 1.33. The predicted octanol–water partition coefficient (Wildman–Crippen LogP) is 3.24. The number of rotatable bonds is 3. The van der Waals surface area contributed by atoms with Crippen LogP contribution in [0.15, 0.2) is 42.6 Å². The lowest BCUT2D eigenvalue weighted by Gasteiger charge is -2.36. The number of amides is 1. The first-order valence-corrected chi connectivity index (χ1v) is 8.10. The number of aromatic nitrogens is 1. The highest BCUT2D eigenvalue weighted by atomic mass is 35.5. The number of pyridine rings is 1. The minimum absolute atomic E-state index is 0.500. The number of anilines is 3. The van der Waals surface area contributed by atoms with Gasteiger partial charge in [0.15, 0.2) is 0 Å². The fraction of sp³-hybridized carbons (Fsp3) is 0.294. The Balaban J connectivity index is 1.59. The van der Waals surface area contributed by atoms with Gasteiger partial charge in [-0.1, -0.05) is 17.7 Å². The number of ether oxygens (including phenoxy) is 1. The van der Waals surface area contributed by atoms with Gasteiger partial charge in [0.2, 0.25) is 0 Å². The van der Waals surface area contributed by atoms with Gasteiger partial charge in [-0.2, -0.15) is 0 Å². The molecule has 1 fully saturated rings. The van der Waals surface area contributed by atoms with Crippen LogP contribution in [0.5, 0.6) is 0 Å². The second-order valence-corrected chi connectivity index (χ2v) is 5.91. The summed E-state index contributed by atoms with van der Waals surface area (Å²) in [5, 5.41) is 3.35. The van der Waals surface area contributed by atoms with Crippen molar-refractivity contribution in [2.75, 3.05) is 48.4 Å². The van der Waals surface area contributed by atoms with E-state index in [1.54, 1.807) is 6.20 Å². The fourth-order valence-corrected chi connectivity index (χ4v) is 2.87. The molecule has 1 aliphatic heterocycles. The first kappa shape index (κ1) is 16.4. The van der Waals surface area contributed by atoms with Crippen LogP contribution in [0, 0.1) is 0 Å². The van der Waals surface area contributed by atoms with Gasteiger partial charge in [0, 0.05) is 36.9 Å². The zero-order valence-corrected chi connectivity index (χ0v) is 14.2. The van der Waals surface area contributed by atoms with E-state index < -0.39 is 6.09 Å². The quantitative estimate of drug-likeness (QED) is 0.924. The largest absolute Gasteiger partial charge is 0.453 e. The Labute approximate surface area is 146 Å². The van der Waals surface area contributed by atoms with Crippen LogP contribution in [-0.4, -0.2) is 44.4 Å². The monoisotopic (exact) mass is 346 g/mol. The highest BCUT2D eigenvalue weighted by molar-refractivity contribution is 6.30. The molecule has 1 aromatic carbocycles. The maximum atomic E-state index is 11.2. The molecule has 0 aliphatic carbocycles. The molecular weight excluding hydrogens is 328 g/mol. The second kappa shape index (κ2) is 7.40. The Hall–Kier alpha value is -2.47. The van der Waals surface area contributed by atoms with Crippen LogP contribution in [0.3, 0.4) is 0 Å². The van der Waals surface area contributed by atoms with E-state index in [0.717, 1.165) is 42.7 Å². The van der Waals surface area contributed by atoms with Gasteiger partial charge in [-0.05, 0) is 30.3 Å². The van der Waals surface area contributed by atoms with Crippen molar-refractivity contribution in [1.82, 2.24) is 4.98 Å². The normalized spacial score (nSPS) is 14.4. The number of nitrogens with zero attached hydrogens (tertiary/aromatic N) is 3. The van der Waals surface area contributed by atoms with Gasteiger partial charge in [0.1, 0.15) is 5.82 Å². The van der Waals surface area contributed by atoms with Crippen LogP contribution in [-0.2, 0) is 4.74 Å². The summed E-state index contributed by atoms with van der Waals surface area (Å²) in [6.07, 6.45) is 1.13. The van der Waals surface area contributed by atoms with Crippen molar-refractivity contribution in [3.63, 3.8) is 0 Å². The molecule has 1 aromatic heterocycles. The van der Waals surface area contributed by atoms with Gasteiger partial charge in [0.25, 0.3) is 0 Å². The third-order valence-electron chi connectivity index (χ3n) is 3.96. The molecule has 6 nitrogen and oxygen atoms in total. The number of benzene rings is 1. The molecule has 1 aliphatic rings. The molecule has 2 aromatic rings. The molecule has 1 saturated heterocycles. The van der Waals surface area contributed by atoms with Crippen LogP contribution in [0.2, 0.25) is 5.02 Å². The molecule has 1 N–H and O–H groups in total. The Kier molecular flexibility index (Phi) is 5.05. The van der Waals surface area contributed by atoms with E-state index in [1.165, 1.54) is 7.11 Å². The SMILES string of the molecule is COC(=O)Nc1ccc(N2CCN(c3cccc(Cl)c3)CC2)nc1. The molecule has 0 unspecified atom stereocenters. The summed E-state index contributed by atoms with van der Waals surface area (Å²) < 4.78 is 4.56. The molecule has 126 valence electrons. The first-order valence-electron chi connectivity index (χ1n) is 7.72. The number of piperazine rings is 1. The maximum Gasteiger partial charge on any atom is 0.411 e. The van der Waals surface area contributed by atoms with Crippen molar-refractivity contribution in [3.05, 3.63) is 47.6 Å². The number of methoxy groups -OCH3 is 1. The van der Waals surface area contributed by atoms with Gasteiger partial charge in [-0.15, -0.1) is 0 Å². The van der Waals surface area contributed by atoms with Crippen molar-refractivity contribution in [1.29, 1.82) is 0 Å². The van der Waals surface area contributed by atoms with Crippen molar-refractivity contribution >= 4 is 34.9 Å². The van der Waals surface area contributed by atoms with E-state index >= 15 is 0 Å². The molecule has 3 rings (SSSR count). The van der Waals surface area contributed by atoms with Crippen LogP contribution in [0.25, 0.3) is 0 Å². The van der Waals surface area contributed by atoms with Crippen molar-refractivity contribution in [2.45, 2.75) is 0 Å². The average Bonchev–Trinajstić information content (AvgIpc) is 2.62. The van der Waals surface area contributed by atoms with E-state index in [0.29, 0.717) is 5.69 Å². The van der Waals surface area contributed by atoms with Crippen molar-refractivity contribution < 1.29 is 9.53 Å². The van der Waals surface area contributed by atoms with E-state index in [-0.39, 0.29) is 0 Å². The number of hydrogen-bond acceptors (Lipinski definition) is 5. The standard InChI is InChI=1S/C17H19ClN4O2/c1-24-17(23)20-14-5-6-16(19-12-14)22-9-7-21(8-10-22)15-4-2-3-13(18)11-15/h2-6,11-12H,7-10H2,1H3,(H,20,23). The summed E-state index contributed by atoms with van der Waals surface area (Å²) in [4.78, 5) is 20.1. The smallest absolute Gasteiger partial charge is 0.411 e. The molecule has 7 heteroatoms. The molecule has 0 radical (unpaired) electrons. The second-order valence-electron chi connectivity index (χ2n) is 5.48. The zero-order chi connectivity index (χ0) is 16.9. The predicted molar refractivity (Wildman–Crippen MR) is 96.1 cm³/mol. The van der Waals surface area contributed by atoms with Gasteiger partial charge in [-0.3, -0.25) is 5.32 Å². The molecule has 2 heterocycles. The summed E-state index contributed by atoms with van der Waals surface area (Å²) in [6.45, 7) is 3.57. The third-order valence-corrected chi connectivity index (χ3v) is 4.19. The topological polar surface area (TPSA) is 57.7 Å². The summed E-state index contributed by atoms with van der Waals surface area (Å²) in [6, 6.07) is 11.6. The molecule has 24 heavy (non-hydrogen) atoms. The molecule has 1 amide bonds. The Morgan fingerprint density at radius 2 is 1.92 bits per heavy atom. The summed E-state index contributed by atoms with van der Waals surface area (Å²) in [5.41, 5.74) is 1.76. The Bertz CT molecular complexity index is 700. The highest BCUT2D eigenvalue weighted by Crippen LogP contribution is 2.22. The number of nitrogens with one attached hydrogen (secondary N) is 1. The van der Waals surface area contributed by atoms with Gasteiger partial charge in [-0.25, -0.2) is 9.78 Å². The van der Waals surface area contributed by atoms with Crippen molar-refractivity contribution in [2.24, 2.45) is 0 Å². The lowest BCUT2D eigenvalue weighted by molar-refractivity contribution is 0.187. The number of hydrogen-bond donors (Lipinski definition) is 1. The average molecular weight is 347 g/mol. The minimum Gasteiger partial charge on any atom is -0.453 e. The Morgan fingerprint density at radius 1 is 1.17 bits per heavy atom. The van der Waals surface area contributed by atoms with E-state index in [2.05, 4.69) is 30.9 Å². The lowest BCUT2D eigenvalue weighted by atomic mass is 10.2. The van der Waals surface area contributed by atoms with E-state index in [9.17, 15) is 4.79 Å². The zero-order valence-electron chi connectivity index (χ0n) is 13.4. The van der Waals surface area contributed by atoms with Gasteiger partial charge in [0.05, 0.1) is 19.0 Å². The third kappa shape index (κ3) is 3.89. The molecular formula is C17H19ClN4O2. The molecule has 0 atom stereocenters. The van der Waals surface area contributed by atoms with Gasteiger partial charge >= 0.3 is 6.09 Å². The van der Waals surface area contributed by atoms with Crippen LogP contribution >= 0.6 is 11.6 Å². The van der Waals surface area contributed by atoms with E-state index in [4.69, 9.17) is 11.6 Å². The first-order chi connectivity index (χ1) is 11.7. The molecule has 0 saturated carbocycles. The summed E-state index contributed by atoms with van der Waals surface area (Å²) >= 11 is 6.06. The number of halogens is 1. The highest BCUT2D eigenvalue weighted by Gasteiger charge is 2.18. The summed E-state index contributed by atoms with van der Waals surface area (Å²) in [5.74, 6) is 0.899. The van der Waals surface area contributed by atoms with Gasteiger partial charge < -0.3 is 14.5 Å². The number of carbonyl (C=O) groups is 1. The van der Waals surface area contributed by atoms with Crippen LogP contribution in [0.4, 0.5) is 22.0 Å². The van der Waals surface area contributed by atoms with Crippen LogP contribution in [0.1, 0.15) is 0 Å². The lowest BCUT2D eigenvalue weighted by Crippen LogP contribution is -2.46. The molecule has 0 spiro atoms. The fourth-order valence-electron chi connectivity index (χ4n) is 2.68.